The molecule has 2 fully saturated rings. The summed E-state index contributed by atoms with van der Waals surface area (Å²) in [6.07, 6.45) is -1.25. The third-order valence-corrected chi connectivity index (χ3v) is 8.61. The molecule has 3 aromatic carbocycles. The predicted octanol–water partition coefficient (Wildman–Crippen LogP) is 6.42. The number of halogens is 3. The number of ether oxygens (including phenoxy) is 1. The Hall–Kier alpha value is -3.87. The van der Waals surface area contributed by atoms with Crippen molar-refractivity contribution in [2.75, 3.05) is 17.2 Å². The predicted molar refractivity (Wildman–Crippen MR) is 166 cm³/mol. The van der Waals surface area contributed by atoms with Gasteiger partial charge in [-0.15, -0.1) is 18.3 Å². The lowest BCUT2D eigenvalue weighted by Crippen LogP contribution is -2.33. The maximum absolute atomic E-state index is 12.4. The fourth-order valence-electron chi connectivity index (χ4n) is 5.42. The molecule has 0 bridgehead atoms. The topological polar surface area (TPSA) is 87.8 Å². The average molecular weight is 623 g/mol. The van der Waals surface area contributed by atoms with E-state index in [1.807, 2.05) is 24.3 Å². The van der Waals surface area contributed by atoms with Gasteiger partial charge in [-0.25, -0.2) is 14.7 Å². The standard InChI is InChI=1S/C32H33F3N6O2S/c1-3-4-22-6-5-20(2)17-28(22)40-15-16-44-31(40)38-30(42)37-27-18-26(27)21-7-9-23(10-8-21)29-36-19-41(39-29)24-11-13-25(14-12-24)43-32(33,34)35/h5-14,17,19,26-27,30,37,42H,3-4,15-16,18H2,1-2H3/b38-31-. The number of thioether (sulfide) groups is 1. The number of aliphatic imine (C=N–C) groups is 1. The Balaban J connectivity index is 1.06. The van der Waals surface area contributed by atoms with Gasteiger partial charge in [0.2, 0.25) is 6.35 Å². The van der Waals surface area contributed by atoms with Crippen molar-refractivity contribution in [2.45, 2.75) is 57.8 Å². The first-order chi connectivity index (χ1) is 21.2. The number of aliphatic hydroxyl groups excluding tert-OH is 1. The Morgan fingerprint density at radius 1 is 1.11 bits per heavy atom. The molecule has 1 aromatic heterocycles. The van der Waals surface area contributed by atoms with Gasteiger partial charge in [-0.3, -0.25) is 5.32 Å². The summed E-state index contributed by atoms with van der Waals surface area (Å²) in [4.78, 5) is 11.2. The van der Waals surface area contributed by atoms with Crippen molar-refractivity contribution < 1.29 is 23.0 Å². The van der Waals surface area contributed by atoms with Gasteiger partial charge in [-0.05, 0) is 66.8 Å². The summed E-state index contributed by atoms with van der Waals surface area (Å²) in [6.45, 7) is 5.15. The lowest BCUT2D eigenvalue weighted by atomic mass is 10.0. The first-order valence-corrected chi connectivity index (χ1v) is 15.6. The minimum Gasteiger partial charge on any atom is -0.406 e. The Morgan fingerprint density at radius 3 is 2.61 bits per heavy atom. The monoisotopic (exact) mass is 622 g/mol. The molecule has 1 saturated carbocycles. The molecular formula is C32H33F3N6O2S. The minimum absolute atomic E-state index is 0.122. The number of amidine groups is 1. The van der Waals surface area contributed by atoms with Gasteiger partial charge < -0.3 is 14.7 Å². The number of nitrogens with zero attached hydrogens (tertiary/aromatic N) is 5. The summed E-state index contributed by atoms with van der Waals surface area (Å²) in [5.74, 6) is 1.40. The van der Waals surface area contributed by atoms with Gasteiger partial charge in [0.05, 0.1) is 5.69 Å². The molecule has 0 radical (unpaired) electrons. The van der Waals surface area contributed by atoms with Crippen molar-refractivity contribution in [1.82, 2.24) is 20.1 Å². The van der Waals surface area contributed by atoms with Crippen LogP contribution in [0.15, 0.2) is 78.0 Å². The van der Waals surface area contributed by atoms with E-state index >= 15 is 0 Å². The highest BCUT2D eigenvalue weighted by Gasteiger charge is 2.39. The first-order valence-electron chi connectivity index (χ1n) is 14.6. The van der Waals surface area contributed by atoms with Crippen LogP contribution in [0.1, 0.15) is 42.4 Å². The molecule has 2 aliphatic rings. The van der Waals surface area contributed by atoms with Crippen LogP contribution in [0.3, 0.4) is 0 Å². The van der Waals surface area contributed by atoms with Crippen LogP contribution >= 0.6 is 11.8 Å². The maximum Gasteiger partial charge on any atom is 0.573 e. The van der Waals surface area contributed by atoms with Gasteiger partial charge >= 0.3 is 6.36 Å². The van der Waals surface area contributed by atoms with E-state index in [1.165, 1.54) is 52.1 Å². The number of aryl methyl sites for hydroxylation is 2. The zero-order chi connectivity index (χ0) is 30.8. The molecule has 0 spiro atoms. The summed E-state index contributed by atoms with van der Waals surface area (Å²) < 4.78 is 42.7. The van der Waals surface area contributed by atoms with Crippen molar-refractivity contribution in [3.63, 3.8) is 0 Å². The number of aromatic nitrogens is 3. The second-order valence-electron chi connectivity index (χ2n) is 11.0. The Labute approximate surface area is 258 Å². The number of anilines is 1. The first kappa shape index (κ1) is 30.2. The van der Waals surface area contributed by atoms with Crippen molar-refractivity contribution in [3.8, 4) is 22.8 Å². The lowest BCUT2D eigenvalue weighted by molar-refractivity contribution is -0.274. The van der Waals surface area contributed by atoms with Crippen molar-refractivity contribution >= 4 is 22.6 Å². The van der Waals surface area contributed by atoms with Gasteiger partial charge in [0.25, 0.3) is 0 Å². The maximum atomic E-state index is 12.4. The summed E-state index contributed by atoms with van der Waals surface area (Å²) >= 11 is 1.67. The lowest BCUT2D eigenvalue weighted by Gasteiger charge is -2.23. The van der Waals surface area contributed by atoms with Crippen molar-refractivity contribution in [3.05, 3.63) is 89.7 Å². The highest BCUT2D eigenvalue weighted by molar-refractivity contribution is 8.14. The molecule has 8 nitrogen and oxygen atoms in total. The van der Waals surface area contributed by atoms with Crippen LogP contribution in [0.25, 0.3) is 17.1 Å². The number of benzene rings is 3. The Bertz CT molecular complexity index is 1620. The van der Waals surface area contributed by atoms with Crippen LogP contribution in [0.2, 0.25) is 0 Å². The quantitative estimate of drug-likeness (QED) is 0.197. The number of hydrogen-bond donors (Lipinski definition) is 2. The van der Waals surface area contributed by atoms with E-state index < -0.39 is 12.7 Å². The molecule has 0 amide bonds. The van der Waals surface area contributed by atoms with Crippen LogP contribution in [-0.2, 0) is 6.42 Å². The van der Waals surface area contributed by atoms with Crippen molar-refractivity contribution in [2.24, 2.45) is 4.99 Å². The fourth-order valence-corrected chi connectivity index (χ4v) is 6.40. The average Bonchev–Trinajstić information content (AvgIpc) is 3.34. The molecule has 1 aliphatic carbocycles. The second kappa shape index (κ2) is 12.6. The van der Waals surface area contributed by atoms with Crippen LogP contribution < -0.4 is 15.0 Å². The van der Waals surface area contributed by atoms with Gasteiger partial charge in [-0.2, -0.15) is 0 Å². The summed E-state index contributed by atoms with van der Waals surface area (Å²) in [6, 6.07) is 20.1. The second-order valence-corrected chi connectivity index (χ2v) is 12.0. The van der Waals surface area contributed by atoms with Gasteiger partial charge in [0.1, 0.15) is 12.1 Å². The third kappa shape index (κ3) is 7.09. The minimum atomic E-state index is -4.74. The molecule has 12 heteroatoms. The zero-order valence-corrected chi connectivity index (χ0v) is 25.1. The summed E-state index contributed by atoms with van der Waals surface area (Å²) in [5.41, 5.74) is 6.21. The van der Waals surface area contributed by atoms with Crippen LogP contribution in [0.5, 0.6) is 5.75 Å². The zero-order valence-electron chi connectivity index (χ0n) is 24.3. The van der Waals surface area contributed by atoms with Crippen LogP contribution in [0.4, 0.5) is 18.9 Å². The number of rotatable bonds is 10. The highest BCUT2D eigenvalue weighted by atomic mass is 32.2. The van der Waals surface area contributed by atoms with E-state index in [9.17, 15) is 18.3 Å². The van der Waals surface area contributed by atoms with E-state index in [0.29, 0.717) is 11.5 Å². The van der Waals surface area contributed by atoms with Gasteiger partial charge in [0, 0.05) is 35.5 Å². The molecule has 1 saturated heterocycles. The Morgan fingerprint density at radius 2 is 1.89 bits per heavy atom. The van der Waals surface area contributed by atoms with E-state index in [-0.39, 0.29) is 17.7 Å². The number of alkyl halides is 3. The molecule has 1 aliphatic heterocycles. The summed E-state index contributed by atoms with van der Waals surface area (Å²) in [7, 11) is 0. The molecule has 230 valence electrons. The SMILES string of the molecule is CCCc1ccc(C)cc1N1CCS/C1=N\C(O)NC1CC1c1ccc(-c2ncn(-c3ccc(OC(F)(F)F)cc3)n2)cc1. The van der Waals surface area contributed by atoms with E-state index in [2.05, 4.69) is 62.1 Å². The largest absolute Gasteiger partial charge is 0.573 e. The smallest absolute Gasteiger partial charge is 0.406 e. The van der Waals surface area contributed by atoms with E-state index in [0.717, 1.165) is 47.9 Å². The number of hydrogen-bond acceptors (Lipinski definition) is 7. The molecule has 44 heavy (non-hydrogen) atoms. The van der Waals surface area contributed by atoms with Gasteiger partial charge in [-0.1, -0.05) is 61.5 Å². The van der Waals surface area contributed by atoms with E-state index in [1.54, 1.807) is 11.8 Å². The third-order valence-electron chi connectivity index (χ3n) is 7.64. The molecular weight excluding hydrogens is 589 g/mol. The molecule has 6 rings (SSSR count). The highest BCUT2D eigenvalue weighted by Crippen LogP contribution is 2.41. The van der Waals surface area contributed by atoms with Crippen LogP contribution in [0, 0.1) is 6.92 Å². The summed E-state index contributed by atoms with van der Waals surface area (Å²) in [5, 5.41) is 19.4. The molecule has 3 atom stereocenters. The van der Waals surface area contributed by atoms with E-state index in [4.69, 9.17) is 0 Å². The normalized spacial score (nSPS) is 19.9. The molecule has 3 unspecified atom stereocenters. The fraction of sp³-hybridized carbons (Fsp3) is 0.344. The van der Waals surface area contributed by atoms with Gasteiger partial charge in [0.15, 0.2) is 11.0 Å². The number of aliphatic hydroxyl groups is 1. The van der Waals surface area contributed by atoms with Crippen molar-refractivity contribution in [1.29, 1.82) is 0 Å². The van der Waals surface area contributed by atoms with Crippen LogP contribution in [-0.4, -0.2) is 56.1 Å². The molecule has 2 N–H and O–H groups in total. The number of nitrogens with one attached hydrogen (secondary N) is 1. The Kier molecular flexibility index (Phi) is 8.66. The molecule has 4 aromatic rings. The molecule has 2 heterocycles.